The van der Waals surface area contributed by atoms with E-state index in [4.69, 9.17) is 0 Å². The Labute approximate surface area is 111 Å². The summed E-state index contributed by atoms with van der Waals surface area (Å²) >= 11 is 3.20. The molecule has 0 aromatic heterocycles. The highest BCUT2D eigenvalue weighted by Gasteiger charge is 2.05. The van der Waals surface area contributed by atoms with Crippen LogP contribution in [0.3, 0.4) is 0 Å². The highest BCUT2D eigenvalue weighted by molar-refractivity contribution is 9.10. The van der Waals surface area contributed by atoms with E-state index in [0.29, 0.717) is 11.6 Å². The van der Waals surface area contributed by atoms with Crippen LogP contribution >= 0.6 is 15.9 Å². The minimum atomic E-state index is -1.50. The summed E-state index contributed by atoms with van der Waals surface area (Å²) in [6.07, 6.45) is 1.29. The predicted octanol–water partition coefficient (Wildman–Crippen LogP) is -0.484. The van der Waals surface area contributed by atoms with E-state index in [1.165, 1.54) is 0 Å². The van der Waals surface area contributed by atoms with E-state index in [9.17, 15) is 19.5 Å². The molecule has 0 heterocycles. The second kappa shape index (κ2) is 6.55. The first-order valence-electron chi connectivity index (χ1n) is 4.74. The molecule has 0 aliphatic carbocycles. The monoisotopic (exact) mass is 311 g/mol. The van der Waals surface area contributed by atoms with Crippen LogP contribution in [0.15, 0.2) is 40.9 Å². The van der Waals surface area contributed by atoms with Crippen LogP contribution in [0.25, 0.3) is 0 Å². The van der Waals surface area contributed by atoms with Crippen molar-refractivity contribution in [3.8, 4) is 0 Å². The Hall–Kier alpha value is -2.15. The first-order chi connectivity index (χ1) is 8.49. The maximum Gasteiger partial charge on any atom is 0.269 e. The Morgan fingerprint density at radius 1 is 1.17 bits per heavy atom. The SMILES string of the molecule is O=C([O-])/C=C/C(=O)NNC(=O)c1cccc(Br)c1. The smallest absolute Gasteiger partial charge is 0.269 e. The van der Waals surface area contributed by atoms with Gasteiger partial charge < -0.3 is 9.90 Å². The molecule has 7 heteroatoms. The summed E-state index contributed by atoms with van der Waals surface area (Å²) in [5.41, 5.74) is 4.49. The molecule has 2 N–H and O–H groups in total. The third-order valence-corrected chi connectivity index (χ3v) is 2.25. The van der Waals surface area contributed by atoms with E-state index in [2.05, 4.69) is 21.4 Å². The van der Waals surface area contributed by atoms with Crippen molar-refractivity contribution in [1.82, 2.24) is 10.9 Å². The standard InChI is InChI=1S/C11H9BrN2O4/c12-8-3-1-2-7(6-8)11(18)14-13-9(15)4-5-10(16)17/h1-6H,(H,13,15)(H,14,18)(H,16,17)/p-1/b5-4+. The molecule has 0 atom stereocenters. The van der Waals surface area contributed by atoms with Crippen LogP contribution in [0.2, 0.25) is 0 Å². The lowest BCUT2D eigenvalue weighted by Gasteiger charge is -2.05. The maximum absolute atomic E-state index is 11.5. The summed E-state index contributed by atoms with van der Waals surface area (Å²) < 4.78 is 0.721. The van der Waals surface area contributed by atoms with Gasteiger partial charge in [-0.2, -0.15) is 0 Å². The number of hydrogen-bond acceptors (Lipinski definition) is 4. The van der Waals surface area contributed by atoms with Crippen molar-refractivity contribution in [2.75, 3.05) is 0 Å². The average Bonchev–Trinajstić information content (AvgIpc) is 2.33. The second-order valence-corrected chi connectivity index (χ2v) is 4.02. The molecule has 0 aliphatic heterocycles. The van der Waals surface area contributed by atoms with Crippen molar-refractivity contribution in [2.24, 2.45) is 0 Å². The van der Waals surface area contributed by atoms with E-state index in [0.717, 1.165) is 10.5 Å². The summed E-state index contributed by atoms with van der Waals surface area (Å²) in [5.74, 6) is -2.79. The van der Waals surface area contributed by atoms with Crippen molar-refractivity contribution in [1.29, 1.82) is 0 Å². The number of carboxylic acids is 1. The van der Waals surface area contributed by atoms with Gasteiger partial charge >= 0.3 is 0 Å². The summed E-state index contributed by atoms with van der Waals surface area (Å²) in [7, 11) is 0. The fraction of sp³-hybridized carbons (Fsp3) is 0. The quantitative estimate of drug-likeness (QED) is 0.581. The topological polar surface area (TPSA) is 98.3 Å². The fourth-order valence-electron chi connectivity index (χ4n) is 1.01. The fourth-order valence-corrected chi connectivity index (χ4v) is 1.40. The third kappa shape index (κ3) is 4.79. The number of carboxylic acid groups (broad SMARTS) is 1. The zero-order valence-electron chi connectivity index (χ0n) is 8.98. The van der Waals surface area contributed by atoms with E-state index >= 15 is 0 Å². The highest BCUT2D eigenvalue weighted by Crippen LogP contribution is 2.11. The van der Waals surface area contributed by atoms with Crippen LogP contribution in [0.5, 0.6) is 0 Å². The molecule has 0 radical (unpaired) electrons. The Morgan fingerprint density at radius 2 is 1.89 bits per heavy atom. The van der Waals surface area contributed by atoms with E-state index in [1.54, 1.807) is 24.3 Å². The van der Waals surface area contributed by atoms with Crippen LogP contribution in [-0.2, 0) is 9.59 Å². The number of rotatable bonds is 3. The molecule has 6 nitrogen and oxygen atoms in total. The van der Waals surface area contributed by atoms with Gasteiger partial charge in [-0.25, -0.2) is 0 Å². The molecule has 0 saturated carbocycles. The van der Waals surface area contributed by atoms with Gasteiger partial charge in [0.2, 0.25) is 0 Å². The lowest BCUT2D eigenvalue weighted by Crippen LogP contribution is -2.41. The molecule has 0 unspecified atom stereocenters. The van der Waals surface area contributed by atoms with Gasteiger partial charge in [0.15, 0.2) is 0 Å². The summed E-state index contributed by atoms with van der Waals surface area (Å²) in [5, 5.41) is 10.0. The van der Waals surface area contributed by atoms with Crippen LogP contribution in [0.4, 0.5) is 0 Å². The zero-order chi connectivity index (χ0) is 13.5. The lowest BCUT2D eigenvalue weighted by molar-refractivity contribution is -0.297. The summed E-state index contributed by atoms with van der Waals surface area (Å²) in [6.45, 7) is 0. The Kier molecular flexibility index (Phi) is 5.06. The van der Waals surface area contributed by atoms with Gasteiger partial charge in [-0.05, 0) is 24.3 Å². The van der Waals surface area contributed by atoms with Crippen LogP contribution in [0.1, 0.15) is 10.4 Å². The molecule has 1 aromatic carbocycles. The van der Waals surface area contributed by atoms with Gasteiger partial charge in [-0.1, -0.05) is 22.0 Å². The number of hydrazine groups is 1. The minimum Gasteiger partial charge on any atom is -0.545 e. The third-order valence-electron chi connectivity index (χ3n) is 1.76. The molecule has 0 saturated heterocycles. The molecule has 1 rings (SSSR count). The van der Waals surface area contributed by atoms with Gasteiger partial charge in [-0.15, -0.1) is 0 Å². The van der Waals surface area contributed by atoms with E-state index < -0.39 is 17.8 Å². The number of carbonyl (C=O) groups is 3. The lowest BCUT2D eigenvalue weighted by atomic mass is 10.2. The van der Waals surface area contributed by atoms with Gasteiger partial charge in [0, 0.05) is 16.1 Å². The van der Waals surface area contributed by atoms with Crippen LogP contribution in [-0.4, -0.2) is 17.8 Å². The molecular weight excluding hydrogens is 304 g/mol. The van der Waals surface area contributed by atoms with Crippen molar-refractivity contribution < 1.29 is 19.5 Å². The predicted molar refractivity (Wildman–Crippen MR) is 63.9 cm³/mol. The molecule has 0 aliphatic rings. The van der Waals surface area contributed by atoms with Crippen molar-refractivity contribution in [3.63, 3.8) is 0 Å². The number of benzene rings is 1. The molecule has 18 heavy (non-hydrogen) atoms. The largest absolute Gasteiger partial charge is 0.545 e. The van der Waals surface area contributed by atoms with E-state index in [-0.39, 0.29) is 0 Å². The van der Waals surface area contributed by atoms with Gasteiger partial charge in [0.25, 0.3) is 11.8 Å². The van der Waals surface area contributed by atoms with Crippen LogP contribution < -0.4 is 16.0 Å². The van der Waals surface area contributed by atoms with Crippen molar-refractivity contribution >= 4 is 33.7 Å². The molecular formula is C11H8BrN2O4-. The number of aliphatic carboxylic acids is 1. The highest BCUT2D eigenvalue weighted by atomic mass is 79.9. The van der Waals surface area contributed by atoms with Gasteiger partial charge in [0.1, 0.15) is 0 Å². The Bertz CT molecular complexity index is 514. The van der Waals surface area contributed by atoms with E-state index in [1.807, 2.05) is 5.43 Å². The second-order valence-electron chi connectivity index (χ2n) is 3.11. The number of amides is 2. The maximum atomic E-state index is 11.5. The Morgan fingerprint density at radius 3 is 2.50 bits per heavy atom. The molecule has 0 fully saturated rings. The normalized spacial score (nSPS) is 10.1. The zero-order valence-corrected chi connectivity index (χ0v) is 10.6. The molecule has 1 aromatic rings. The van der Waals surface area contributed by atoms with Crippen molar-refractivity contribution in [3.05, 3.63) is 46.5 Å². The van der Waals surface area contributed by atoms with Crippen LogP contribution in [0, 0.1) is 0 Å². The van der Waals surface area contributed by atoms with Gasteiger partial charge in [0.05, 0.1) is 5.97 Å². The summed E-state index contributed by atoms with van der Waals surface area (Å²) in [4.78, 5) is 32.6. The molecule has 2 amide bonds. The minimum absolute atomic E-state index is 0.341. The Balaban J connectivity index is 2.52. The number of halogens is 1. The number of nitrogens with one attached hydrogen (secondary N) is 2. The first kappa shape index (κ1) is 13.9. The number of carbonyl (C=O) groups excluding carboxylic acids is 3. The van der Waals surface area contributed by atoms with Crippen molar-refractivity contribution in [2.45, 2.75) is 0 Å². The molecule has 94 valence electrons. The molecule has 0 bridgehead atoms. The summed E-state index contributed by atoms with van der Waals surface area (Å²) in [6, 6.07) is 6.54. The molecule has 0 spiro atoms. The van der Waals surface area contributed by atoms with Gasteiger partial charge in [-0.3, -0.25) is 20.4 Å². The number of hydrogen-bond donors (Lipinski definition) is 2. The average molecular weight is 312 g/mol. The first-order valence-corrected chi connectivity index (χ1v) is 5.53.